The van der Waals surface area contributed by atoms with E-state index in [1.54, 1.807) is 18.2 Å². The molecule has 0 radical (unpaired) electrons. The first kappa shape index (κ1) is 21.4. The first-order valence-electron chi connectivity index (χ1n) is 9.38. The lowest BCUT2D eigenvalue weighted by Gasteiger charge is -2.12. The van der Waals surface area contributed by atoms with Crippen molar-refractivity contribution in [2.75, 3.05) is 18.6 Å². The van der Waals surface area contributed by atoms with Crippen molar-refractivity contribution < 1.29 is 22.7 Å². The Morgan fingerprint density at radius 1 is 1.23 bits per heavy atom. The molecule has 156 valence electrons. The fourth-order valence-electron chi connectivity index (χ4n) is 3.12. The molecule has 0 saturated carbocycles. The molecule has 2 aromatic rings. The van der Waals surface area contributed by atoms with Gasteiger partial charge in [-0.3, -0.25) is 4.79 Å². The summed E-state index contributed by atoms with van der Waals surface area (Å²) in [6.45, 7) is 0.378. The fraction of sp³-hybridized carbons (Fsp3) is 0.273. The monoisotopic (exact) mass is 426 g/mol. The van der Waals surface area contributed by atoms with E-state index in [2.05, 4.69) is 5.32 Å². The van der Waals surface area contributed by atoms with Crippen LogP contribution >= 0.6 is 0 Å². The quantitative estimate of drug-likeness (QED) is 0.539. The van der Waals surface area contributed by atoms with Crippen LogP contribution in [0.1, 0.15) is 17.5 Å². The molecule has 0 bridgehead atoms. The molecule has 3 rings (SSSR count). The van der Waals surface area contributed by atoms with E-state index in [0.29, 0.717) is 30.1 Å². The van der Waals surface area contributed by atoms with Gasteiger partial charge in [0.15, 0.2) is 21.3 Å². The Balaban J connectivity index is 1.71. The molecule has 1 unspecified atom stereocenters. The Morgan fingerprint density at radius 2 is 2.00 bits per heavy atom. The van der Waals surface area contributed by atoms with Crippen LogP contribution < -0.4 is 14.8 Å². The number of benzene rings is 2. The largest absolute Gasteiger partial charge is 0.493 e. The van der Waals surface area contributed by atoms with E-state index >= 15 is 0 Å². The molecule has 0 aliphatic carbocycles. The van der Waals surface area contributed by atoms with Crippen molar-refractivity contribution in [3.05, 3.63) is 65.2 Å². The van der Waals surface area contributed by atoms with E-state index in [4.69, 9.17) is 9.47 Å². The van der Waals surface area contributed by atoms with Crippen molar-refractivity contribution in [1.82, 2.24) is 5.32 Å². The van der Waals surface area contributed by atoms with Crippen LogP contribution in [0.4, 0.5) is 0 Å². The number of nitrogens with one attached hydrogen (secondary N) is 1. The van der Waals surface area contributed by atoms with Gasteiger partial charge in [0.2, 0.25) is 0 Å². The van der Waals surface area contributed by atoms with Crippen LogP contribution in [0.3, 0.4) is 0 Å². The Labute approximate surface area is 175 Å². The number of sulfone groups is 1. The number of hydrogen-bond acceptors (Lipinski definition) is 6. The molecule has 0 spiro atoms. The average molecular weight is 426 g/mol. The van der Waals surface area contributed by atoms with Gasteiger partial charge in [-0.15, -0.1) is 0 Å². The Hall–Kier alpha value is -3.31. The molecular weight excluding hydrogens is 404 g/mol. The van der Waals surface area contributed by atoms with Crippen LogP contribution in [0.15, 0.2) is 54.1 Å². The highest BCUT2D eigenvalue weighted by Gasteiger charge is 2.29. The highest BCUT2D eigenvalue weighted by Crippen LogP contribution is 2.29. The normalized spacial score (nSPS) is 17.7. The lowest BCUT2D eigenvalue weighted by atomic mass is 10.1. The second kappa shape index (κ2) is 9.46. The van der Waals surface area contributed by atoms with Crippen LogP contribution in [0.5, 0.6) is 11.5 Å². The molecule has 1 atom stereocenters. The van der Waals surface area contributed by atoms with Crippen LogP contribution in [-0.4, -0.2) is 39.0 Å². The summed E-state index contributed by atoms with van der Waals surface area (Å²) in [6.07, 6.45) is 1.79. The van der Waals surface area contributed by atoms with Gasteiger partial charge in [-0.05, 0) is 35.8 Å². The summed E-state index contributed by atoms with van der Waals surface area (Å²) in [6, 6.07) is 16.2. The molecule has 1 fully saturated rings. The Bertz CT molecular complexity index is 1090. The molecule has 1 aliphatic rings. The van der Waals surface area contributed by atoms with E-state index in [0.717, 1.165) is 5.56 Å². The van der Waals surface area contributed by atoms with Gasteiger partial charge in [0.25, 0.3) is 5.91 Å². The third-order valence-electron chi connectivity index (χ3n) is 4.67. The topological polar surface area (TPSA) is 105 Å². The summed E-state index contributed by atoms with van der Waals surface area (Å²) in [5.41, 5.74) is 1.49. The summed E-state index contributed by atoms with van der Waals surface area (Å²) in [5, 5.41) is 12.0. The number of carbonyl (C=O) groups excluding carboxylic acids is 1. The van der Waals surface area contributed by atoms with Gasteiger partial charge in [-0.1, -0.05) is 36.4 Å². The zero-order chi connectivity index (χ0) is 21.6. The first-order chi connectivity index (χ1) is 14.4. The number of rotatable bonds is 7. The number of methoxy groups -OCH3 is 1. The number of nitrogens with zero attached hydrogens (tertiary/aromatic N) is 1. The van der Waals surface area contributed by atoms with Crippen LogP contribution in [0, 0.1) is 11.3 Å². The molecule has 1 saturated heterocycles. The zero-order valence-electron chi connectivity index (χ0n) is 16.5. The number of hydrogen-bond donors (Lipinski definition) is 1. The number of carbonyl (C=O) groups is 1. The second-order valence-electron chi connectivity index (χ2n) is 6.93. The van der Waals surface area contributed by atoms with Gasteiger partial charge < -0.3 is 14.8 Å². The summed E-state index contributed by atoms with van der Waals surface area (Å²) in [7, 11) is -1.61. The standard InChI is InChI=1S/C22H22N2O5S/c1-28-21-12-17(7-8-20(21)29-14-16-5-3-2-4-6-16)11-18(13-23)22(25)24-19-9-10-30(26,27)15-19/h2-8,11-12,19H,9-10,14-15H2,1H3,(H,24,25)/b18-11+. The third-order valence-corrected chi connectivity index (χ3v) is 6.44. The van der Waals surface area contributed by atoms with Gasteiger partial charge in [0.05, 0.1) is 18.6 Å². The average Bonchev–Trinajstić information content (AvgIpc) is 3.09. The van der Waals surface area contributed by atoms with Crippen molar-refractivity contribution in [2.24, 2.45) is 0 Å². The van der Waals surface area contributed by atoms with Crippen molar-refractivity contribution in [1.29, 1.82) is 5.26 Å². The molecule has 8 heteroatoms. The van der Waals surface area contributed by atoms with Gasteiger partial charge in [-0.25, -0.2) is 8.42 Å². The molecule has 1 aliphatic heterocycles. The summed E-state index contributed by atoms with van der Waals surface area (Å²) < 4.78 is 34.3. The minimum absolute atomic E-state index is 0.0468. The number of amides is 1. The summed E-state index contributed by atoms with van der Waals surface area (Å²) in [4.78, 5) is 12.4. The molecule has 30 heavy (non-hydrogen) atoms. The predicted octanol–water partition coefficient (Wildman–Crippen LogP) is 2.48. The van der Waals surface area contributed by atoms with E-state index < -0.39 is 21.8 Å². The molecule has 7 nitrogen and oxygen atoms in total. The molecular formula is C22H22N2O5S. The lowest BCUT2D eigenvalue weighted by molar-refractivity contribution is -0.117. The highest BCUT2D eigenvalue weighted by atomic mass is 32.2. The van der Waals surface area contributed by atoms with E-state index in [1.165, 1.54) is 13.2 Å². The summed E-state index contributed by atoms with van der Waals surface area (Å²) >= 11 is 0. The summed E-state index contributed by atoms with van der Waals surface area (Å²) in [5.74, 6) is 0.365. The van der Waals surface area contributed by atoms with Gasteiger partial charge in [0.1, 0.15) is 18.2 Å². The number of nitriles is 1. The maximum atomic E-state index is 12.4. The van der Waals surface area contributed by atoms with Crippen LogP contribution in [-0.2, 0) is 21.2 Å². The third kappa shape index (κ3) is 5.61. The van der Waals surface area contributed by atoms with Crippen molar-refractivity contribution in [3.63, 3.8) is 0 Å². The van der Waals surface area contributed by atoms with Crippen LogP contribution in [0.25, 0.3) is 6.08 Å². The fourth-order valence-corrected chi connectivity index (χ4v) is 4.79. The van der Waals surface area contributed by atoms with Gasteiger partial charge in [0, 0.05) is 6.04 Å². The maximum absolute atomic E-state index is 12.4. The maximum Gasteiger partial charge on any atom is 0.262 e. The predicted molar refractivity (Wildman–Crippen MR) is 113 cm³/mol. The zero-order valence-corrected chi connectivity index (χ0v) is 17.3. The second-order valence-corrected chi connectivity index (χ2v) is 9.16. The molecule has 1 heterocycles. The molecule has 2 aromatic carbocycles. The van der Waals surface area contributed by atoms with E-state index in [1.807, 2.05) is 36.4 Å². The number of ether oxygens (including phenoxy) is 2. The van der Waals surface area contributed by atoms with Gasteiger partial charge >= 0.3 is 0 Å². The minimum Gasteiger partial charge on any atom is -0.493 e. The van der Waals surface area contributed by atoms with Gasteiger partial charge in [-0.2, -0.15) is 5.26 Å². The smallest absolute Gasteiger partial charge is 0.262 e. The van der Waals surface area contributed by atoms with Crippen molar-refractivity contribution in [2.45, 2.75) is 19.1 Å². The van der Waals surface area contributed by atoms with Crippen molar-refractivity contribution >= 4 is 21.8 Å². The van der Waals surface area contributed by atoms with Crippen LogP contribution in [0.2, 0.25) is 0 Å². The SMILES string of the molecule is COc1cc(/C=C(\C#N)C(=O)NC2CCS(=O)(=O)C2)ccc1OCc1ccccc1. The minimum atomic E-state index is -3.12. The highest BCUT2D eigenvalue weighted by molar-refractivity contribution is 7.91. The van der Waals surface area contributed by atoms with E-state index in [-0.39, 0.29) is 17.1 Å². The molecule has 1 amide bonds. The molecule has 1 N–H and O–H groups in total. The lowest BCUT2D eigenvalue weighted by Crippen LogP contribution is -2.36. The Kier molecular flexibility index (Phi) is 6.75. The Morgan fingerprint density at radius 3 is 2.63 bits per heavy atom. The van der Waals surface area contributed by atoms with E-state index in [9.17, 15) is 18.5 Å². The molecule has 0 aromatic heterocycles. The van der Waals surface area contributed by atoms with Crippen molar-refractivity contribution in [3.8, 4) is 17.6 Å². The first-order valence-corrected chi connectivity index (χ1v) is 11.2.